The van der Waals surface area contributed by atoms with E-state index in [1.165, 1.54) is 24.0 Å². The third-order valence-electron chi connectivity index (χ3n) is 3.41. The second-order valence-corrected chi connectivity index (χ2v) is 5.80. The molecule has 1 rings (SSSR count). The van der Waals surface area contributed by atoms with E-state index in [1.807, 2.05) is 20.8 Å². The second-order valence-electron chi connectivity index (χ2n) is 5.80. The van der Waals surface area contributed by atoms with Crippen molar-refractivity contribution in [1.29, 1.82) is 0 Å². The van der Waals surface area contributed by atoms with Crippen molar-refractivity contribution >= 4 is 5.97 Å². The lowest BCUT2D eigenvalue weighted by Crippen LogP contribution is -2.06. The molecule has 0 unspecified atom stereocenters. The summed E-state index contributed by atoms with van der Waals surface area (Å²) in [6, 6.07) is 0. The fraction of sp³-hybridized carbons (Fsp3) is 0.550. The van der Waals surface area contributed by atoms with Gasteiger partial charge < -0.3 is 4.74 Å². The van der Waals surface area contributed by atoms with Crippen LogP contribution in [0.5, 0.6) is 0 Å². The maximum Gasteiger partial charge on any atom is 0.333 e. The highest BCUT2D eigenvalue weighted by Gasteiger charge is 2.24. The molecule has 0 heterocycles. The maximum atomic E-state index is 10.9. The Bertz CT molecular complexity index is 456. The van der Waals surface area contributed by atoms with Crippen molar-refractivity contribution in [2.45, 2.75) is 60.8 Å². The first kappa shape index (κ1) is 20.4. The van der Waals surface area contributed by atoms with E-state index in [4.69, 9.17) is 4.74 Å². The number of rotatable bonds is 6. The molecule has 1 saturated carbocycles. The van der Waals surface area contributed by atoms with Crippen molar-refractivity contribution in [2.24, 2.45) is 5.92 Å². The van der Waals surface area contributed by atoms with Gasteiger partial charge in [-0.2, -0.15) is 0 Å². The number of esters is 1. The number of carbonyl (C=O) groups is 1. The molecule has 0 radical (unpaired) electrons. The Morgan fingerprint density at radius 3 is 2.09 bits per heavy atom. The Morgan fingerprint density at radius 2 is 1.77 bits per heavy atom. The quantitative estimate of drug-likeness (QED) is 0.354. The first-order valence-electron chi connectivity index (χ1n) is 8.20. The third-order valence-corrected chi connectivity index (χ3v) is 3.41. The van der Waals surface area contributed by atoms with Gasteiger partial charge in [0.2, 0.25) is 0 Å². The van der Waals surface area contributed by atoms with Gasteiger partial charge in [0.1, 0.15) is 0 Å². The molecular weight excluding hydrogens is 272 g/mol. The van der Waals surface area contributed by atoms with Gasteiger partial charge in [-0.3, -0.25) is 0 Å². The molecule has 0 aliphatic heterocycles. The molecule has 124 valence electrons. The van der Waals surface area contributed by atoms with Crippen LogP contribution in [0.1, 0.15) is 60.8 Å². The van der Waals surface area contributed by atoms with E-state index < -0.39 is 0 Å². The largest absolute Gasteiger partial charge is 0.463 e. The molecule has 0 spiro atoms. The number of ether oxygens (including phenoxy) is 1. The van der Waals surface area contributed by atoms with Crippen LogP contribution >= 0.6 is 0 Å². The number of hydrogen-bond acceptors (Lipinski definition) is 2. The molecule has 0 amide bonds. The minimum absolute atomic E-state index is 0.187. The van der Waals surface area contributed by atoms with Crippen molar-refractivity contribution in [2.75, 3.05) is 6.61 Å². The van der Waals surface area contributed by atoms with Crippen molar-refractivity contribution in [3.8, 4) is 0 Å². The first-order valence-corrected chi connectivity index (χ1v) is 8.20. The van der Waals surface area contributed by atoms with Crippen LogP contribution in [-0.4, -0.2) is 12.6 Å². The predicted molar refractivity (Wildman–Crippen MR) is 95.7 cm³/mol. The van der Waals surface area contributed by atoms with Gasteiger partial charge in [-0.15, -0.1) is 0 Å². The summed E-state index contributed by atoms with van der Waals surface area (Å²) in [6.07, 6.45) is 9.63. The topological polar surface area (TPSA) is 26.3 Å². The lowest BCUT2D eigenvalue weighted by Gasteiger charge is -2.01. The molecule has 0 N–H and O–H groups in total. The normalized spacial score (nSPS) is 14.2. The van der Waals surface area contributed by atoms with Gasteiger partial charge in [0.15, 0.2) is 0 Å². The van der Waals surface area contributed by atoms with Crippen molar-refractivity contribution < 1.29 is 9.53 Å². The zero-order valence-electron chi connectivity index (χ0n) is 15.2. The van der Waals surface area contributed by atoms with Crippen LogP contribution in [0.25, 0.3) is 0 Å². The molecule has 22 heavy (non-hydrogen) atoms. The fourth-order valence-electron chi connectivity index (χ4n) is 2.03. The Kier molecular flexibility index (Phi) is 10.3. The van der Waals surface area contributed by atoms with E-state index in [0.29, 0.717) is 6.61 Å². The van der Waals surface area contributed by atoms with Crippen molar-refractivity contribution in [3.05, 3.63) is 47.1 Å². The van der Waals surface area contributed by atoms with Gasteiger partial charge in [0.25, 0.3) is 0 Å². The number of hydrogen-bond donors (Lipinski definition) is 0. The molecule has 0 aromatic carbocycles. The molecule has 2 nitrogen and oxygen atoms in total. The van der Waals surface area contributed by atoms with Crippen LogP contribution in [0.4, 0.5) is 0 Å². The molecule has 0 aromatic rings. The summed E-state index contributed by atoms with van der Waals surface area (Å²) < 4.78 is 4.78. The number of carbonyl (C=O) groups excluding carboxylic acids is 1. The Morgan fingerprint density at radius 1 is 1.18 bits per heavy atom. The van der Waals surface area contributed by atoms with E-state index in [2.05, 4.69) is 32.6 Å². The summed E-state index contributed by atoms with van der Waals surface area (Å²) >= 11 is 0. The van der Waals surface area contributed by atoms with Gasteiger partial charge in [-0.25, -0.2) is 4.79 Å². The zero-order chi connectivity index (χ0) is 17.1. The summed E-state index contributed by atoms with van der Waals surface area (Å²) in [4.78, 5) is 10.9. The molecule has 1 aliphatic carbocycles. The smallest absolute Gasteiger partial charge is 0.333 e. The second kappa shape index (κ2) is 11.1. The third kappa shape index (κ3) is 8.66. The van der Waals surface area contributed by atoms with Gasteiger partial charge in [-0.05, 0) is 65.4 Å². The molecule has 1 aliphatic rings. The average molecular weight is 304 g/mol. The summed E-state index contributed by atoms with van der Waals surface area (Å²) in [5.74, 6) is 0.665. The Labute approximate surface area is 136 Å². The van der Waals surface area contributed by atoms with E-state index >= 15 is 0 Å². The monoisotopic (exact) mass is 304 g/mol. The van der Waals surface area contributed by atoms with Gasteiger partial charge >= 0.3 is 5.97 Å². The van der Waals surface area contributed by atoms with Gasteiger partial charge in [0, 0.05) is 5.57 Å². The fourth-order valence-corrected chi connectivity index (χ4v) is 2.03. The first-order chi connectivity index (χ1) is 10.4. The highest BCUT2D eigenvalue weighted by molar-refractivity contribution is 5.88. The minimum Gasteiger partial charge on any atom is -0.463 e. The molecule has 1 fully saturated rings. The molecule has 0 saturated heterocycles. The zero-order valence-corrected chi connectivity index (χ0v) is 15.2. The highest BCUT2D eigenvalue weighted by Crippen LogP contribution is 2.38. The van der Waals surface area contributed by atoms with Crippen LogP contribution in [0.2, 0.25) is 0 Å². The summed E-state index contributed by atoms with van der Waals surface area (Å²) in [5, 5.41) is 0. The highest BCUT2D eigenvalue weighted by atomic mass is 16.5. The minimum atomic E-state index is -0.187. The van der Waals surface area contributed by atoms with Gasteiger partial charge in [0.05, 0.1) is 6.61 Å². The van der Waals surface area contributed by atoms with Crippen molar-refractivity contribution in [1.82, 2.24) is 0 Å². The summed E-state index contributed by atoms with van der Waals surface area (Å²) in [5.41, 5.74) is 4.87. The predicted octanol–water partition coefficient (Wildman–Crippen LogP) is 5.77. The van der Waals surface area contributed by atoms with Crippen LogP contribution in [-0.2, 0) is 9.53 Å². The lowest BCUT2D eigenvalue weighted by atomic mass is 10.0. The van der Waals surface area contributed by atoms with E-state index in [1.54, 1.807) is 13.0 Å². The van der Waals surface area contributed by atoms with E-state index in [9.17, 15) is 4.79 Å². The van der Waals surface area contributed by atoms with Crippen LogP contribution in [0.3, 0.4) is 0 Å². The van der Waals surface area contributed by atoms with Crippen LogP contribution in [0.15, 0.2) is 47.1 Å². The summed E-state index contributed by atoms with van der Waals surface area (Å²) in [7, 11) is 0. The van der Waals surface area contributed by atoms with Crippen LogP contribution in [0, 0.1) is 5.92 Å². The van der Waals surface area contributed by atoms with Crippen LogP contribution < -0.4 is 0 Å². The molecule has 0 atom stereocenters. The Hall–Kier alpha value is -1.57. The van der Waals surface area contributed by atoms with Gasteiger partial charge in [-0.1, -0.05) is 42.9 Å². The maximum absolute atomic E-state index is 10.9. The molecular formula is C20H32O2. The van der Waals surface area contributed by atoms with Crippen molar-refractivity contribution in [3.63, 3.8) is 0 Å². The van der Waals surface area contributed by atoms with E-state index in [-0.39, 0.29) is 5.97 Å². The average Bonchev–Trinajstić information content (AvgIpc) is 3.25. The standard InChI is InChI=1S/C12H18.C8H14O2/c1-9(2)5-8-12(10(3)4)11-6-7-11;1-4-7(5-2)8(9)10-6-3/h5,8,11H,1,6-7H2,2-4H3;4H,5-6H2,1-3H3/b8-5-;7-4+. The van der Waals surface area contributed by atoms with E-state index in [0.717, 1.165) is 23.5 Å². The molecule has 0 aromatic heterocycles. The molecule has 0 bridgehead atoms. The number of allylic oxidation sites excluding steroid dienone is 6. The lowest BCUT2D eigenvalue weighted by molar-refractivity contribution is -0.138. The molecule has 2 heteroatoms. The SMILES string of the molecule is C/C=C(\CC)C(=O)OCC.C=C(C)/C=C\C(=C(C)C)C1CC1. The summed E-state index contributed by atoms with van der Waals surface area (Å²) in [6.45, 7) is 16.3. The Balaban J connectivity index is 0.000000409.